The number of hydrazone groups is 1. The summed E-state index contributed by atoms with van der Waals surface area (Å²) in [6, 6.07) is 14.0. The average Bonchev–Trinajstić information content (AvgIpc) is 2.78. The molecule has 1 saturated heterocycles. The van der Waals surface area contributed by atoms with Gasteiger partial charge in [-0.05, 0) is 48.7 Å². The number of nitrogens with one attached hydrogen (secondary N) is 2. The van der Waals surface area contributed by atoms with Crippen LogP contribution >= 0.6 is 0 Å². The second kappa shape index (κ2) is 9.30. The van der Waals surface area contributed by atoms with Gasteiger partial charge >= 0.3 is 0 Å². The normalized spacial score (nSPS) is 15.9. The van der Waals surface area contributed by atoms with Crippen molar-refractivity contribution in [3.63, 3.8) is 0 Å². The molecule has 0 saturated carbocycles. The van der Waals surface area contributed by atoms with Gasteiger partial charge in [-0.25, -0.2) is 13.8 Å². The zero-order valence-corrected chi connectivity index (χ0v) is 17.5. The van der Waals surface area contributed by atoms with Gasteiger partial charge in [-0.15, -0.1) is 0 Å². The van der Waals surface area contributed by atoms with Crippen molar-refractivity contribution < 1.29 is 13.2 Å². The summed E-state index contributed by atoms with van der Waals surface area (Å²) >= 11 is 0. The van der Waals surface area contributed by atoms with Crippen molar-refractivity contribution in [1.29, 1.82) is 0 Å². The Morgan fingerprint density at radius 1 is 1.03 bits per heavy atom. The van der Waals surface area contributed by atoms with Crippen LogP contribution in [0.5, 0.6) is 0 Å². The molecule has 0 aromatic heterocycles. The maximum Gasteiger partial charge on any atom is 0.271 e. The Kier molecular flexibility index (Phi) is 6.79. The second-order valence-corrected chi connectivity index (χ2v) is 8.81. The molecular weight excluding hydrogens is 388 g/mol. The first-order chi connectivity index (χ1) is 13.9. The van der Waals surface area contributed by atoms with E-state index in [1.54, 1.807) is 43.3 Å². The maximum atomic E-state index is 12.7. The monoisotopic (exact) mass is 414 g/mol. The second-order valence-electron chi connectivity index (χ2n) is 6.87. The molecule has 0 atom stereocenters. The van der Waals surface area contributed by atoms with Gasteiger partial charge in [0.05, 0.1) is 10.6 Å². The summed E-state index contributed by atoms with van der Waals surface area (Å²) in [6.45, 7) is 6.07. The zero-order valence-electron chi connectivity index (χ0n) is 16.7. The van der Waals surface area contributed by atoms with Crippen molar-refractivity contribution in [3.8, 4) is 0 Å². The predicted octanol–water partition coefficient (Wildman–Crippen LogP) is 2.00. The van der Waals surface area contributed by atoms with Crippen LogP contribution in [0.2, 0.25) is 0 Å². The minimum atomic E-state index is -3.49. The van der Waals surface area contributed by atoms with Crippen molar-refractivity contribution in [3.05, 3.63) is 65.2 Å². The Hall–Kier alpha value is -2.55. The summed E-state index contributed by atoms with van der Waals surface area (Å²) < 4.78 is 26.9. The molecule has 0 aliphatic carbocycles. The number of benzene rings is 2. The number of nitrogens with zero attached hydrogens (tertiary/aromatic N) is 2. The van der Waals surface area contributed by atoms with Gasteiger partial charge in [0.1, 0.15) is 0 Å². The standard InChI is InChI=1S/C21H26N4O3S/c1-3-17-4-6-19(7-5-17)21(26)24-23-16(2)18-8-10-20(11-9-18)29(27,28)25-14-12-22-13-15-25/h4-11,22H,3,12-15H2,1-2H3,(H,24,26)/b23-16-. The molecule has 3 rings (SSSR count). The van der Waals surface area contributed by atoms with Crippen LogP contribution in [-0.4, -0.2) is 50.5 Å². The van der Waals surface area contributed by atoms with Crippen LogP contribution in [0.15, 0.2) is 58.5 Å². The molecule has 1 amide bonds. The quantitative estimate of drug-likeness (QED) is 0.559. The van der Waals surface area contributed by atoms with E-state index in [-0.39, 0.29) is 10.8 Å². The fraction of sp³-hybridized carbons (Fsp3) is 0.333. The van der Waals surface area contributed by atoms with E-state index in [4.69, 9.17) is 0 Å². The molecule has 1 aliphatic rings. The van der Waals surface area contributed by atoms with Crippen LogP contribution in [0, 0.1) is 0 Å². The molecule has 8 heteroatoms. The molecule has 2 N–H and O–H groups in total. The van der Waals surface area contributed by atoms with Crippen LogP contribution in [0.4, 0.5) is 0 Å². The molecule has 2 aromatic rings. The number of hydrogen-bond acceptors (Lipinski definition) is 5. The van der Waals surface area contributed by atoms with Gasteiger partial charge in [0, 0.05) is 31.7 Å². The molecule has 1 fully saturated rings. The largest absolute Gasteiger partial charge is 0.314 e. The predicted molar refractivity (Wildman–Crippen MR) is 114 cm³/mol. The lowest BCUT2D eigenvalue weighted by molar-refractivity contribution is 0.0955. The van der Waals surface area contributed by atoms with Crippen LogP contribution < -0.4 is 10.7 Å². The van der Waals surface area contributed by atoms with Crippen molar-refractivity contribution >= 4 is 21.6 Å². The first-order valence-electron chi connectivity index (χ1n) is 9.66. The molecule has 154 valence electrons. The summed E-state index contributed by atoms with van der Waals surface area (Å²) in [7, 11) is -3.49. The molecule has 0 bridgehead atoms. The number of sulfonamides is 1. The van der Waals surface area contributed by atoms with E-state index in [1.807, 2.05) is 12.1 Å². The summed E-state index contributed by atoms with van der Waals surface area (Å²) in [5.74, 6) is -0.287. The molecular formula is C21H26N4O3S. The van der Waals surface area contributed by atoms with Gasteiger partial charge in [0.25, 0.3) is 5.91 Å². The Morgan fingerprint density at radius 3 is 2.21 bits per heavy atom. The highest BCUT2D eigenvalue weighted by molar-refractivity contribution is 7.89. The molecule has 0 radical (unpaired) electrons. The van der Waals surface area contributed by atoms with Gasteiger partial charge in [0.15, 0.2) is 0 Å². The minimum Gasteiger partial charge on any atom is -0.314 e. The topological polar surface area (TPSA) is 90.9 Å². The number of aryl methyl sites for hydroxylation is 1. The van der Waals surface area contributed by atoms with Crippen molar-refractivity contribution in [1.82, 2.24) is 15.0 Å². The summed E-state index contributed by atoms with van der Waals surface area (Å²) in [5.41, 5.74) is 5.58. The van der Waals surface area contributed by atoms with Crippen LogP contribution in [0.25, 0.3) is 0 Å². The van der Waals surface area contributed by atoms with Gasteiger partial charge in [-0.2, -0.15) is 9.41 Å². The van der Waals surface area contributed by atoms with Crippen molar-refractivity contribution in [2.45, 2.75) is 25.2 Å². The van der Waals surface area contributed by atoms with Gasteiger partial charge in [-0.1, -0.05) is 31.2 Å². The summed E-state index contributed by atoms with van der Waals surface area (Å²) in [4.78, 5) is 12.5. The number of rotatable bonds is 6. The fourth-order valence-electron chi connectivity index (χ4n) is 3.06. The Bertz CT molecular complexity index is 978. The molecule has 2 aromatic carbocycles. The van der Waals surface area contributed by atoms with Crippen LogP contribution in [0.3, 0.4) is 0 Å². The molecule has 0 spiro atoms. The number of amides is 1. The molecule has 29 heavy (non-hydrogen) atoms. The van der Waals surface area contributed by atoms with Crippen molar-refractivity contribution in [2.75, 3.05) is 26.2 Å². The van der Waals surface area contributed by atoms with E-state index >= 15 is 0 Å². The Labute approximate surface area is 171 Å². The highest BCUT2D eigenvalue weighted by Gasteiger charge is 2.25. The van der Waals surface area contributed by atoms with Crippen LogP contribution in [-0.2, 0) is 16.4 Å². The lowest BCUT2D eigenvalue weighted by Gasteiger charge is -2.26. The smallest absolute Gasteiger partial charge is 0.271 e. The third kappa shape index (κ3) is 5.09. The van der Waals surface area contributed by atoms with E-state index < -0.39 is 10.0 Å². The number of carbonyl (C=O) groups is 1. The number of hydrogen-bond donors (Lipinski definition) is 2. The summed E-state index contributed by atoms with van der Waals surface area (Å²) in [6.07, 6.45) is 0.916. The number of piperazine rings is 1. The van der Waals surface area contributed by atoms with Crippen molar-refractivity contribution in [2.24, 2.45) is 5.10 Å². The third-order valence-corrected chi connectivity index (χ3v) is 6.85. The highest BCUT2D eigenvalue weighted by Crippen LogP contribution is 2.17. The fourth-order valence-corrected chi connectivity index (χ4v) is 4.50. The van der Waals surface area contributed by atoms with Crippen LogP contribution in [0.1, 0.15) is 35.3 Å². The molecule has 0 unspecified atom stereocenters. The van der Waals surface area contributed by atoms with Gasteiger partial charge in [0.2, 0.25) is 10.0 Å². The van der Waals surface area contributed by atoms with Gasteiger partial charge < -0.3 is 5.32 Å². The molecule has 7 nitrogen and oxygen atoms in total. The molecule has 1 heterocycles. The average molecular weight is 415 g/mol. The molecule has 1 aliphatic heterocycles. The first kappa shape index (κ1) is 21.2. The van der Waals surface area contributed by atoms with E-state index in [2.05, 4.69) is 22.8 Å². The van der Waals surface area contributed by atoms with Gasteiger partial charge in [-0.3, -0.25) is 4.79 Å². The zero-order chi connectivity index (χ0) is 20.9. The Balaban J connectivity index is 1.67. The maximum absolute atomic E-state index is 12.7. The van der Waals surface area contributed by atoms with E-state index in [9.17, 15) is 13.2 Å². The Morgan fingerprint density at radius 2 is 1.62 bits per heavy atom. The first-order valence-corrected chi connectivity index (χ1v) is 11.1. The SMILES string of the molecule is CCc1ccc(C(=O)N/N=C(/C)c2ccc(S(=O)(=O)N3CCNCC3)cc2)cc1. The highest BCUT2D eigenvalue weighted by atomic mass is 32.2. The third-order valence-electron chi connectivity index (χ3n) is 4.94. The lowest BCUT2D eigenvalue weighted by atomic mass is 10.1. The minimum absolute atomic E-state index is 0.260. The lowest BCUT2D eigenvalue weighted by Crippen LogP contribution is -2.46. The summed E-state index contributed by atoms with van der Waals surface area (Å²) in [5, 5.41) is 7.29. The number of carbonyl (C=O) groups excluding carboxylic acids is 1. The van der Waals surface area contributed by atoms with E-state index in [0.29, 0.717) is 37.5 Å². The van der Waals surface area contributed by atoms with E-state index in [0.717, 1.165) is 17.5 Å². The van der Waals surface area contributed by atoms with E-state index in [1.165, 1.54) is 4.31 Å².